The first-order valence-electron chi connectivity index (χ1n) is 9.17. The summed E-state index contributed by atoms with van der Waals surface area (Å²) < 4.78 is 1.44. The fourth-order valence-electron chi connectivity index (χ4n) is 2.75. The zero-order valence-corrected chi connectivity index (χ0v) is 16.6. The molecule has 6 nitrogen and oxygen atoms in total. The Morgan fingerprint density at radius 1 is 1.26 bits per heavy atom. The van der Waals surface area contributed by atoms with Gasteiger partial charge in [0.1, 0.15) is 12.4 Å². The molecule has 0 saturated heterocycles. The van der Waals surface area contributed by atoms with Crippen molar-refractivity contribution < 1.29 is 9.90 Å². The van der Waals surface area contributed by atoms with Crippen molar-refractivity contribution in [1.29, 1.82) is 0 Å². The molecule has 2 rings (SSSR count). The van der Waals surface area contributed by atoms with Gasteiger partial charge in [0.05, 0.1) is 12.3 Å². The number of aliphatic hydroxyl groups is 1. The van der Waals surface area contributed by atoms with Crippen molar-refractivity contribution in [3.63, 3.8) is 0 Å². The highest BCUT2D eigenvalue weighted by molar-refractivity contribution is 6.30. The average molecular weight is 392 g/mol. The van der Waals surface area contributed by atoms with E-state index < -0.39 is 0 Å². The molecule has 7 heteroatoms. The molecule has 1 aromatic carbocycles. The number of amides is 1. The van der Waals surface area contributed by atoms with Gasteiger partial charge in [-0.25, -0.2) is 4.98 Å². The number of nitrogens with zero attached hydrogens (tertiary/aromatic N) is 3. The number of hydrogen-bond acceptors (Lipinski definition) is 4. The van der Waals surface area contributed by atoms with E-state index in [1.54, 1.807) is 19.2 Å². The highest BCUT2D eigenvalue weighted by Gasteiger charge is 2.15. The highest BCUT2D eigenvalue weighted by Crippen LogP contribution is 2.19. The topological polar surface area (TPSA) is 75.4 Å². The zero-order valence-electron chi connectivity index (χ0n) is 15.8. The molecule has 0 fully saturated rings. The Bertz CT molecular complexity index is 818. The van der Waals surface area contributed by atoms with Gasteiger partial charge in [0.2, 0.25) is 5.91 Å². The van der Waals surface area contributed by atoms with Gasteiger partial charge in [-0.05, 0) is 18.6 Å². The van der Waals surface area contributed by atoms with Crippen molar-refractivity contribution >= 4 is 17.5 Å². The van der Waals surface area contributed by atoms with Gasteiger partial charge in [0, 0.05) is 36.7 Å². The summed E-state index contributed by atoms with van der Waals surface area (Å²) in [4.78, 5) is 31.1. The smallest absolute Gasteiger partial charge is 0.254 e. The van der Waals surface area contributed by atoms with Crippen LogP contribution in [0, 0.1) is 0 Å². The van der Waals surface area contributed by atoms with E-state index in [0.29, 0.717) is 23.0 Å². The fourth-order valence-corrected chi connectivity index (χ4v) is 2.87. The summed E-state index contributed by atoms with van der Waals surface area (Å²) in [7, 11) is 1.61. The van der Waals surface area contributed by atoms with Crippen LogP contribution in [0.1, 0.15) is 32.0 Å². The molecule has 1 aromatic heterocycles. The van der Waals surface area contributed by atoms with Crippen LogP contribution in [0.15, 0.2) is 35.1 Å². The maximum Gasteiger partial charge on any atom is 0.254 e. The quantitative estimate of drug-likeness (QED) is 0.667. The molecule has 0 radical (unpaired) electrons. The number of likely N-dealkylation sites (N-methyl/N-ethyl adjacent to an activating group) is 1. The van der Waals surface area contributed by atoms with Gasteiger partial charge in [0.25, 0.3) is 5.56 Å². The van der Waals surface area contributed by atoms with Crippen molar-refractivity contribution in [2.24, 2.45) is 0 Å². The third kappa shape index (κ3) is 5.91. The van der Waals surface area contributed by atoms with Crippen LogP contribution in [0.5, 0.6) is 0 Å². The van der Waals surface area contributed by atoms with Crippen LogP contribution in [0.3, 0.4) is 0 Å². The van der Waals surface area contributed by atoms with E-state index in [1.165, 1.54) is 15.5 Å². The molecule has 1 N–H and O–H groups in total. The molecular weight excluding hydrogens is 366 g/mol. The van der Waals surface area contributed by atoms with Crippen LogP contribution in [-0.4, -0.2) is 45.7 Å². The lowest BCUT2D eigenvalue weighted by molar-refractivity contribution is -0.131. The summed E-state index contributed by atoms with van der Waals surface area (Å²) in [5.41, 5.74) is 1.13. The number of aromatic nitrogens is 2. The molecule has 0 aliphatic carbocycles. The summed E-state index contributed by atoms with van der Waals surface area (Å²) in [6.07, 6.45) is 3.61. The van der Waals surface area contributed by atoms with Crippen LogP contribution < -0.4 is 5.56 Å². The molecular formula is C20H26ClN3O3. The monoisotopic (exact) mass is 391 g/mol. The lowest BCUT2D eigenvalue weighted by Crippen LogP contribution is -2.37. The molecule has 2 aromatic rings. The number of rotatable bonds is 9. The van der Waals surface area contributed by atoms with E-state index in [4.69, 9.17) is 16.7 Å². The number of hydrogen-bond donors (Lipinski definition) is 1. The van der Waals surface area contributed by atoms with Crippen LogP contribution in [0.25, 0.3) is 11.3 Å². The van der Waals surface area contributed by atoms with Gasteiger partial charge in [-0.2, -0.15) is 0 Å². The third-order valence-corrected chi connectivity index (χ3v) is 4.64. The Morgan fingerprint density at radius 3 is 2.59 bits per heavy atom. The predicted molar refractivity (Wildman–Crippen MR) is 107 cm³/mol. The van der Waals surface area contributed by atoms with Gasteiger partial charge in [-0.3, -0.25) is 14.2 Å². The molecule has 0 atom stereocenters. The van der Waals surface area contributed by atoms with Gasteiger partial charge >= 0.3 is 0 Å². The molecule has 0 aliphatic rings. The minimum atomic E-state index is -0.257. The van der Waals surface area contributed by atoms with Crippen molar-refractivity contribution in [3.05, 3.63) is 51.5 Å². The number of aryl methyl sites for hydroxylation is 1. The summed E-state index contributed by atoms with van der Waals surface area (Å²) in [6.45, 7) is 2.14. The lowest BCUT2D eigenvalue weighted by atomic mass is 10.1. The fraction of sp³-hybridized carbons (Fsp3) is 0.450. The van der Waals surface area contributed by atoms with Gasteiger partial charge in [-0.1, -0.05) is 43.5 Å². The number of halogens is 1. The molecule has 0 spiro atoms. The lowest BCUT2D eigenvalue weighted by Gasteiger charge is -2.18. The highest BCUT2D eigenvalue weighted by atomic mass is 35.5. The molecule has 0 unspecified atom stereocenters. The second-order valence-electron chi connectivity index (χ2n) is 6.48. The number of benzene rings is 1. The van der Waals surface area contributed by atoms with E-state index >= 15 is 0 Å². The van der Waals surface area contributed by atoms with E-state index in [0.717, 1.165) is 24.8 Å². The summed E-state index contributed by atoms with van der Waals surface area (Å²) in [5.74, 6) is 0.371. The number of unbranched alkanes of at least 4 members (excludes halogenated alkanes) is 2. The molecule has 1 heterocycles. The normalized spacial score (nSPS) is 10.8. The van der Waals surface area contributed by atoms with E-state index in [1.807, 2.05) is 12.1 Å². The van der Waals surface area contributed by atoms with Crippen LogP contribution in [0.2, 0.25) is 5.02 Å². The summed E-state index contributed by atoms with van der Waals surface area (Å²) >= 11 is 5.94. The Kier molecular flexibility index (Phi) is 8.00. The van der Waals surface area contributed by atoms with Crippen LogP contribution in [-0.2, 0) is 17.8 Å². The van der Waals surface area contributed by atoms with E-state index in [9.17, 15) is 9.59 Å². The van der Waals surface area contributed by atoms with Crippen molar-refractivity contribution in [2.75, 3.05) is 20.2 Å². The first-order chi connectivity index (χ1) is 13.0. The second-order valence-corrected chi connectivity index (χ2v) is 6.92. The molecule has 146 valence electrons. The maximum absolute atomic E-state index is 12.7. The van der Waals surface area contributed by atoms with Gasteiger partial charge in [-0.15, -0.1) is 0 Å². The molecule has 27 heavy (non-hydrogen) atoms. The largest absolute Gasteiger partial charge is 0.395 e. The second kappa shape index (κ2) is 10.2. The molecule has 0 aliphatic heterocycles. The molecule has 0 bridgehead atoms. The Hall–Kier alpha value is -2.18. The molecule has 0 saturated carbocycles. The minimum absolute atomic E-state index is 0.0787. The maximum atomic E-state index is 12.7. The van der Waals surface area contributed by atoms with E-state index in [-0.39, 0.29) is 31.2 Å². The molecule has 1 amide bonds. The number of carbonyl (C=O) groups excluding carboxylic acids is 1. The number of aliphatic hydroxyl groups excluding tert-OH is 1. The van der Waals surface area contributed by atoms with Crippen LogP contribution >= 0.6 is 11.6 Å². The summed E-state index contributed by atoms with van der Waals surface area (Å²) in [6, 6.07) is 8.61. The number of carbonyl (C=O) groups is 1. The Morgan fingerprint density at radius 2 is 1.96 bits per heavy atom. The van der Waals surface area contributed by atoms with Crippen molar-refractivity contribution in [3.8, 4) is 11.3 Å². The first-order valence-corrected chi connectivity index (χ1v) is 9.55. The van der Waals surface area contributed by atoms with Gasteiger partial charge < -0.3 is 10.0 Å². The zero-order chi connectivity index (χ0) is 19.8. The predicted octanol–water partition coefficient (Wildman–Crippen LogP) is 2.75. The van der Waals surface area contributed by atoms with Crippen LogP contribution in [0.4, 0.5) is 0 Å². The Balaban J connectivity index is 2.37. The van der Waals surface area contributed by atoms with Crippen molar-refractivity contribution in [2.45, 2.75) is 39.2 Å². The minimum Gasteiger partial charge on any atom is -0.395 e. The summed E-state index contributed by atoms with van der Waals surface area (Å²) in [5, 5.41) is 9.62. The average Bonchev–Trinajstić information content (AvgIpc) is 2.65. The van der Waals surface area contributed by atoms with Crippen molar-refractivity contribution in [1.82, 2.24) is 14.5 Å². The van der Waals surface area contributed by atoms with E-state index in [2.05, 4.69) is 11.9 Å². The standard InChI is InChI=1S/C20H26ClN3O3/c1-3-4-5-6-18-22-17(15-7-9-16(21)10-8-15)13-19(26)24(18)14-20(27)23(2)11-12-25/h7-10,13,25H,3-6,11-12,14H2,1-2H3. The first kappa shape index (κ1) is 21.1. The SMILES string of the molecule is CCCCCc1nc(-c2ccc(Cl)cc2)cc(=O)n1CC(=O)N(C)CCO. The van der Waals surface area contributed by atoms with Gasteiger partial charge in [0.15, 0.2) is 0 Å². The Labute approximate surface area is 164 Å². The third-order valence-electron chi connectivity index (χ3n) is 4.39.